The zero-order valence-corrected chi connectivity index (χ0v) is 10.5. The number of benzene rings is 1. The predicted molar refractivity (Wildman–Crippen MR) is 69.6 cm³/mol. The van der Waals surface area contributed by atoms with Gasteiger partial charge in [-0.3, -0.25) is 4.79 Å². The van der Waals surface area contributed by atoms with E-state index in [1.54, 1.807) is 0 Å². The molecule has 0 aliphatic carbocycles. The van der Waals surface area contributed by atoms with Crippen molar-refractivity contribution in [1.29, 1.82) is 0 Å². The highest BCUT2D eigenvalue weighted by molar-refractivity contribution is 5.88. The van der Waals surface area contributed by atoms with Crippen molar-refractivity contribution in [1.82, 2.24) is 5.32 Å². The minimum Gasteiger partial charge on any atom is -0.384 e. The Morgan fingerprint density at radius 1 is 1.44 bits per heavy atom. The number of carbonyl (C=O) groups is 1. The highest BCUT2D eigenvalue weighted by Gasteiger charge is 2.32. The molecule has 2 N–H and O–H groups in total. The van der Waals surface area contributed by atoms with E-state index < -0.39 is 0 Å². The molecule has 3 rings (SSSR count). The number of carbonyl (C=O) groups excluding carboxylic acids is 1. The van der Waals surface area contributed by atoms with E-state index in [0.29, 0.717) is 6.54 Å². The fraction of sp³-hybridized carbons (Fsp3) is 0.500. The van der Waals surface area contributed by atoms with Gasteiger partial charge < -0.3 is 15.4 Å². The van der Waals surface area contributed by atoms with Crippen LogP contribution in [0, 0.1) is 0 Å². The molecular weight excluding hydrogens is 228 g/mol. The number of para-hydroxylation sites is 1. The Kier molecular flexibility index (Phi) is 2.96. The first-order valence-corrected chi connectivity index (χ1v) is 6.50. The summed E-state index contributed by atoms with van der Waals surface area (Å²) in [6.07, 6.45) is 1.04. The molecule has 2 aliphatic rings. The van der Waals surface area contributed by atoms with Crippen molar-refractivity contribution in [3.63, 3.8) is 0 Å². The summed E-state index contributed by atoms with van der Waals surface area (Å²) in [5, 5.41) is 6.38. The van der Waals surface area contributed by atoms with Crippen molar-refractivity contribution >= 4 is 11.6 Å². The van der Waals surface area contributed by atoms with Crippen LogP contribution in [0.5, 0.6) is 0 Å². The van der Waals surface area contributed by atoms with E-state index in [1.165, 1.54) is 0 Å². The fourth-order valence-electron chi connectivity index (χ4n) is 2.72. The molecule has 1 fully saturated rings. The van der Waals surface area contributed by atoms with Crippen LogP contribution in [0.2, 0.25) is 0 Å². The van der Waals surface area contributed by atoms with Gasteiger partial charge >= 0.3 is 0 Å². The van der Waals surface area contributed by atoms with Crippen molar-refractivity contribution in [3.8, 4) is 0 Å². The zero-order chi connectivity index (χ0) is 12.5. The van der Waals surface area contributed by atoms with Gasteiger partial charge in [-0.15, -0.1) is 0 Å². The van der Waals surface area contributed by atoms with Crippen LogP contribution in [0.4, 0.5) is 5.69 Å². The smallest absolute Gasteiger partial charge is 0.229 e. The van der Waals surface area contributed by atoms with Gasteiger partial charge in [-0.1, -0.05) is 18.2 Å². The number of anilines is 1. The average molecular weight is 246 g/mol. The van der Waals surface area contributed by atoms with Crippen LogP contribution in [0.1, 0.15) is 24.8 Å². The van der Waals surface area contributed by atoms with Gasteiger partial charge in [0.2, 0.25) is 5.91 Å². The van der Waals surface area contributed by atoms with Crippen LogP contribution < -0.4 is 10.6 Å². The van der Waals surface area contributed by atoms with Crippen LogP contribution in [0.3, 0.4) is 0 Å². The molecule has 4 heteroatoms. The van der Waals surface area contributed by atoms with Crippen LogP contribution in [-0.2, 0) is 9.53 Å². The SMILES string of the molecule is CC1OCCC1NC(=O)C1CNc2ccccc21. The van der Waals surface area contributed by atoms with Crippen molar-refractivity contribution in [3.05, 3.63) is 29.8 Å². The Morgan fingerprint density at radius 3 is 3.06 bits per heavy atom. The Morgan fingerprint density at radius 2 is 2.28 bits per heavy atom. The number of fused-ring (bicyclic) bond motifs is 1. The van der Waals surface area contributed by atoms with Gasteiger partial charge in [-0.2, -0.15) is 0 Å². The molecule has 0 radical (unpaired) electrons. The van der Waals surface area contributed by atoms with Gasteiger partial charge in [0.1, 0.15) is 0 Å². The Hall–Kier alpha value is -1.55. The maximum atomic E-state index is 12.3. The largest absolute Gasteiger partial charge is 0.384 e. The average Bonchev–Trinajstić information content (AvgIpc) is 2.96. The van der Waals surface area contributed by atoms with E-state index in [4.69, 9.17) is 4.74 Å². The molecule has 0 saturated carbocycles. The predicted octanol–water partition coefficient (Wildman–Crippen LogP) is 1.49. The van der Waals surface area contributed by atoms with E-state index in [1.807, 2.05) is 31.2 Å². The second kappa shape index (κ2) is 4.61. The molecule has 2 heterocycles. The summed E-state index contributed by atoms with van der Waals surface area (Å²) in [6.45, 7) is 3.44. The van der Waals surface area contributed by atoms with Gasteiger partial charge in [-0.25, -0.2) is 0 Å². The molecule has 3 atom stereocenters. The molecule has 0 bridgehead atoms. The second-order valence-corrected chi connectivity index (χ2v) is 5.00. The van der Waals surface area contributed by atoms with Crippen molar-refractivity contribution in [2.24, 2.45) is 0 Å². The van der Waals surface area contributed by atoms with Gasteiger partial charge in [0, 0.05) is 18.8 Å². The Bertz CT molecular complexity index is 461. The first kappa shape index (κ1) is 11.5. The van der Waals surface area contributed by atoms with Gasteiger partial charge in [0.15, 0.2) is 0 Å². The van der Waals surface area contributed by atoms with Crippen molar-refractivity contribution in [2.75, 3.05) is 18.5 Å². The minimum atomic E-state index is -0.0750. The lowest BCUT2D eigenvalue weighted by molar-refractivity contribution is -0.123. The van der Waals surface area contributed by atoms with Gasteiger partial charge in [0.25, 0.3) is 0 Å². The number of hydrogen-bond donors (Lipinski definition) is 2. The second-order valence-electron chi connectivity index (χ2n) is 5.00. The molecule has 1 aromatic carbocycles. The molecular formula is C14H18N2O2. The van der Waals surface area contributed by atoms with Crippen LogP contribution in [-0.4, -0.2) is 31.2 Å². The van der Waals surface area contributed by atoms with Crippen LogP contribution >= 0.6 is 0 Å². The van der Waals surface area contributed by atoms with Crippen LogP contribution in [0.25, 0.3) is 0 Å². The van der Waals surface area contributed by atoms with E-state index in [2.05, 4.69) is 10.6 Å². The molecule has 4 nitrogen and oxygen atoms in total. The standard InChI is InChI=1S/C14H18N2O2/c1-9-12(6-7-18-9)16-14(17)11-8-15-13-5-3-2-4-10(11)13/h2-5,9,11-12,15H,6-8H2,1H3,(H,16,17). The maximum Gasteiger partial charge on any atom is 0.229 e. The number of rotatable bonds is 2. The number of nitrogens with one attached hydrogen (secondary N) is 2. The van der Waals surface area contributed by atoms with Gasteiger partial charge in [0.05, 0.1) is 18.1 Å². The molecule has 0 aromatic heterocycles. The van der Waals surface area contributed by atoms with E-state index in [9.17, 15) is 4.79 Å². The number of amides is 1. The number of hydrogen-bond acceptors (Lipinski definition) is 3. The maximum absolute atomic E-state index is 12.3. The summed E-state index contributed by atoms with van der Waals surface area (Å²) < 4.78 is 5.47. The van der Waals surface area contributed by atoms with Crippen LogP contribution in [0.15, 0.2) is 24.3 Å². The first-order valence-electron chi connectivity index (χ1n) is 6.50. The highest BCUT2D eigenvalue weighted by atomic mass is 16.5. The highest BCUT2D eigenvalue weighted by Crippen LogP contribution is 2.31. The fourth-order valence-corrected chi connectivity index (χ4v) is 2.72. The minimum absolute atomic E-state index is 0.0750. The molecule has 96 valence electrons. The lowest BCUT2D eigenvalue weighted by Crippen LogP contribution is -2.42. The summed E-state index contributed by atoms with van der Waals surface area (Å²) in [7, 11) is 0. The Labute approximate surface area is 107 Å². The van der Waals surface area contributed by atoms with Crippen molar-refractivity contribution < 1.29 is 9.53 Å². The van der Waals surface area contributed by atoms with Crippen molar-refractivity contribution in [2.45, 2.75) is 31.4 Å². The van der Waals surface area contributed by atoms with E-state index >= 15 is 0 Å². The molecule has 1 aromatic rings. The summed E-state index contributed by atoms with van der Waals surface area (Å²) in [4.78, 5) is 12.3. The molecule has 18 heavy (non-hydrogen) atoms. The molecule has 1 amide bonds. The third-order valence-corrected chi connectivity index (χ3v) is 3.85. The van der Waals surface area contributed by atoms with E-state index in [0.717, 1.165) is 24.3 Å². The third kappa shape index (κ3) is 1.97. The quantitative estimate of drug-likeness (QED) is 0.831. The topological polar surface area (TPSA) is 50.4 Å². The normalized spacial score (nSPS) is 29.7. The summed E-state index contributed by atoms with van der Waals surface area (Å²) in [5.74, 6) is 0.0313. The molecule has 1 saturated heterocycles. The zero-order valence-electron chi connectivity index (χ0n) is 10.5. The first-order chi connectivity index (χ1) is 8.75. The molecule has 2 aliphatic heterocycles. The lowest BCUT2D eigenvalue weighted by Gasteiger charge is -2.18. The van der Waals surface area contributed by atoms with Gasteiger partial charge in [-0.05, 0) is 25.0 Å². The monoisotopic (exact) mass is 246 g/mol. The summed E-state index contributed by atoms with van der Waals surface area (Å²) in [5.41, 5.74) is 2.18. The summed E-state index contributed by atoms with van der Waals surface area (Å²) in [6, 6.07) is 8.16. The molecule has 0 spiro atoms. The summed E-state index contributed by atoms with van der Waals surface area (Å²) >= 11 is 0. The lowest BCUT2D eigenvalue weighted by atomic mass is 9.99. The Balaban J connectivity index is 1.71. The van der Waals surface area contributed by atoms with E-state index in [-0.39, 0.29) is 24.0 Å². The third-order valence-electron chi connectivity index (χ3n) is 3.85. The number of ether oxygens (including phenoxy) is 1. The molecule has 3 unspecified atom stereocenters.